The van der Waals surface area contributed by atoms with Crippen LogP contribution in [0, 0.1) is 5.82 Å². The predicted molar refractivity (Wildman–Crippen MR) is 81.0 cm³/mol. The molecule has 0 N–H and O–H groups in total. The second kappa shape index (κ2) is 7.78. The maximum Gasteiger partial charge on any atom is 0.146 e. The second-order valence-electron chi connectivity index (χ2n) is 4.72. The molecule has 0 fully saturated rings. The fraction of sp³-hybridized carbons (Fsp3) is 0.600. The van der Waals surface area contributed by atoms with Gasteiger partial charge in [-0.05, 0) is 37.5 Å². The van der Waals surface area contributed by atoms with Crippen LogP contribution in [0.4, 0.5) is 10.1 Å². The summed E-state index contributed by atoms with van der Waals surface area (Å²) < 4.78 is 14.1. The average molecular weight is 316 g/mol. The van der Waals surface area contributed by atoms with E-state index in [0.717, 1.165) is 37.1 Å². The molecule has 0 aliphatic carbocycles. The molecule has 3 heteroatoms. The third-order valence-electron chi connectivity index (χ3n) is 3.35. The first-order valence-corrected chi connectivity index (χ1v) is 7.87. The van der Waals surface area contributed by atoms with Crippen molar-refractivity contribution in [2.24, 2.45) is 0 Å². The van der Waals surface area contributed by atoms with Crippen LogP contribution in [0.1, 0.15) is 45.6 Å². The quantitative estimate of drug-likeness (QED) is 0.631. The zero-order valence-electron chi connectivity index (χ0n) is 11.5. The van der Waals surface area contributed by atoms with Crippen molar-refractivity contribution in [2.45, 2.75) is 51.4 Å². The lowest BCUT2D eigenvalue weighted by molar-refractivity contribution is 0.564. The number of anilines is 1. The summed E-state index contributed by atoms with van der Waals surface area (Å²) in [4.78, 5) is 2.19. The molecule has 0 amide bonds. The molecule has 0 radical (unpaired) electrons. The van der Waals surface area contributed by atoms with E-state index < -0.39 is 0 Å². The van der Waals surface area contributed by atoms with Crippen molar-refractivity contribution >= 4 is 21.6 Å². The molecule has 18 heavy (non-hydrogen) atoms. The number of halogens is 2. The predicted octanol–water partition coefficient (Wildman–Crippen LogP) is 5.13. The number of rotatable bonds is 7. The summed E-state index contributed by atoms with van der Waals surface area (Å²) in [6.45, 7) is 7.40. The van der Waals surface area contributed by atoms with Gasteiger partial charge in [-0.2, -0.15) is 0 Å². The van der Waals surface area contributed by atoms with Crippen LogP contribution in [0.2, 0.25) is 0 Å². The lowest BCUT2D eigenvalue weighted by Crippen LogP contribution is -2.34. The topological polar surface area (TPSA) is 3.24 Å². The lowest BCUT2D eigenvalue weighted by atomic mass is 10.1. The number of unbranched alkanes of at least 4 members (excludes halogenated alkanes) is 1. The van der Waals surface area contributed by atoms with Crippen molar-refractivity contribution in [1.82, 2.24) is 0 Å². The number of nitrogens with zero attached hydrogens (tertiary/aromatic N) is 1. The molecule has 1 rings (SSSR count). The van der Waals surface area contributed by atoms with Gasteiger partial charge in [0.15, 0.2) is 0 Å². The standard InChI is InChI=1S/C15H23BrFN/c1-4-6-9-18(12(3)5-2)15-8-7-13(11-16)10-14(15)17/h7-8,10,12H,4-6,9,11H2,1-3H3. The fourth-order valence-corrected chi connectivity index (χ4v) is 2.34. The van der Waals surface area contributed by atoms with Crippen LogP contribution in [-0.4, -0.2) is 12.6 Å². The van der Waals surface area contributed by atoms with Gasteiger partial charge in [0.1, 0.15) is 5.82 Å². The smallest absolute Gasteiger partial charge is 0.146 e. The van der Waals surface area contributed by atoms with Crippen molar-refractivity contribution in [3.8, 4) is 0 Å². The molecule has 0 aliphatic heterocycles. The molecule has 0 bridgehead atoms. The Hall–Kier alpha value is -0.570. The van der Waals surface area contributed by atoms with E-state index in [1.807, 2.05) is 12.1 Å². The van der Waals surface area contributed by atoms with Crippen LogP contribution in [-0.2, 0) is 5.33 Å². The number of benzene rings is 1. The van der Waals surface area contributed by atoms with Crippen molar-refractivity contribution in [2.75, 3.05) is 11.4 Å². The first-order chi connectivity index (χ1) is 8.63. The van der Waals surface area contributed by atoms with E-state index in [4.69, 9.17) is 0 Å². The summed E-state index contributed by atoms with van der Waals surface area (Å²) >= 11 is 3.36. The Morgan fingerprint density at radius 2 is 2.06 bits per heavy atom. The first kappa shape index (κ1) is 15.5. The molecule has 0 spiro atoms. The third-order valence-corrected chi connectivity index (χ3v) is 4.00. The van der Waals surface area contributed by atoms with Crippen LogP contribution in [0.15, 0.2) is 18.2 Å². The monoisotopic (exact) mass is 315 g/mol. The Bertz CT molecular complexity index is 368. The zero-order chi connectivity index (χ0) is 13.5. The van der Waals surface area contributed by atoms with Gasteiger partial charge in [0.2, 0.25) is 0 Å². The average Bonchev–Trinajstić information content (AvgIpc) is 2.39. The molecule has 0 saturated carbocycles. The molecule has 1 aromatic rings. The highest BCUT2D eigenvalue weighted by molar-refractivity contribution is 9.08. The summed E-state index contributed by atoms with van der Waals surface area (Å²) in [6.07, 6.45) is 3.27. The summed E-state index contributed by atoms with van der Waals surface area (Å²) in [5.41, 5.74) is 1.72. The highest BCUT2D eigenvalue weighted by Gasteiger charge is 2.16. The van der Waals surface area contributed by atoms with Gasteiger partial charge in [-0.1, -0.05) is 42.3 Å². The Kier molecular flexibility index (Phi) is 6.69. The molecular formula is C15H23BrFN. The summed E-state index contributed by atoms with van der Waals surface area (Å²) in [6, 6.07) is 5.91. The third kappa shape index (κ3) is 3.98. The minimum atomic E-state index is -0.108. The van der Waals surface area contributed by atoms with Gasteiger partial charge in [-0.15, -0.1) is 0 Å². The van der Waals surface area contributed by atoms with Gasteiger partial charge in [0.05, 0.1) is 5.69 Å². The normalized spacial score (nSPS) is 12.5. The molecule has 0 saturated heterocycles. The summed E-state index contributed by atoms with van der Waals surface area (Å²) in [7, 11) is 0. The molecule has 1 atom stereocenters. The van der Waals surface area contributed by atoms with Gasteiger partial charge in [-0.25, -0.2) is 4.39 Å². The molecule has 0 aliphatic rings. The van der Waals surface area contributed by atoms with Crippen molar-refractivity contribution in [3.63, 3.8) is 0 Å². The van der Waals surface area contributed by atoms with Crippen molar-refractivity contribution in [1.29, 1.82) is 0 Å². The summed E-state index contributed by atoms with van der Waals surface area (Å²) in [5.74, 6) is -0.108. The van der Waals surface area contributed by atoms with Gasteiger partial charge in [0.25, 0.3) is 0 Å². The maximum absolute atomic E-state index is 14.1. The Morgan fingerprint density at radius 3 is 2.56 bits per heavy atom. The van der Waals surface area contributed by atoms with E-state index in [0.29, 0.717) is 11.4 Å². The number of hydrogen-bond donors (Lipinski definition) is 0. The van der Waals surface area contributed by atoms with Crippen LogP contribution in [0.5, 0.6) is 0 Å². The molecular weight excluding hydrogens is 293 g/mol. The molecule has 0 heterocycles. The highest BCUT2D eigenvalue weighted by Crippen LogP contribution is 2.25. The van der Waals surface area contributed by atoms with Crippen molar-refractivity contribution < 1.29 is 4.39 Å². The van der Waals surface area contributed by atoms with Gasteiger partial charge >= 0.3 is 0 Å². The first-order valence-electron chi connectivity index (χ1n) is 6.75. The highest BCUT2D eigenvalue weighted by atomic mass is 79.9. The van der Waals surface area contributed by atoms with Gasteiger partial charge in [-0.3, -0.25) is 0 Å². The summed E-state index contributed by atoms with van der Waals surface area (Å²) in [5, 5.41) is 0.697. The van der Waals surface area contributed by atoms with E-state index in [1.165, 1.54) is 0 Å². The van der Waals surface area contributed by atoms with Crippen molar-refractivity contribution in [3.05, 3.63) is 29.6 Å². The van der Waals surface area contributed by atoms with Crippen LogP contribution < -0.4 is 4.90 Å². The van der Waals surface area contributed by atoms with Crippen LogP contribution >= 0.6 is 15.9 Å². The molecule has 0 aromatic heterocycles. The minimum Gasteiger partial charge on any atom is -0.366 e. The minimum absolute atomic E-state index is 0.108. The Labute approximate surface area is 119 Å². The molecule has 1 aromatic carbocycles. The molecule has 1 unspecified atom stereocenters. The van der Waals surface area contributed by atoms with E-state index in [-0.39, 0.29) is 5.82 Å². The van der Waals surface area contributed by atoms with Crippen LogP contribution in [0.25, 0.3) is 0 Å². The second-order valence-corrected chi connectivity index (χ2v) is 5.28. The molecule has 102 valence electrons. The Balaban J connectivity index is 2.96. The van der Waals surface area contributed by atoms with E-state index >= 15 is 0 Å². The van der Waals surface area contributed by atoms with Gasteiger partial charge in [0, 0.05) is 17.9 Å². The van der Waals surface area contributed by atoms with E-state index in [2.05, 4.69) is 41.6 Å². The zero-order valence-corrected chi connectivity index (χ0v) is 13.1. The van der Waals surface area contributed by atoms with Crippen LogP contribution in [0.3, 0.4) is 0 Å². The molecule has 1 nitrogen and oxygen atoms in total. The van der Waals surface area contributed by atoms with E-state index in [1.54, 1.807) is 6.07 Å². The lowest BCUT2D eigenvalue weighted by Gasteiger charge is -2.31. The van der Waals surface area contributed by atoms with E-state index in [9.17, 15) is 4.39 Å². The number of alkyl halides is 1. The fourth-order valence-electron chi connectivity index (χ4n) is 1.99. The Morgan fingerprint density at radius 1 is 1.33 bits per heavy atom. The van der Waals surface area contributed by atoms with Gasteiger partial charge < -0.3 is 4.90 Å². The number of hydrogen-bond acceptors (Lipinski definition) is 1. The maximum atomic E-state index is 14.1. The SMILES string of the molecule is CCCCN(c1ccc(CBr)cc1F)C(C)CC. The largest absolute Gasteiger partial charge is 0.366 e.